The van der Waals surface area contributed by atoms with Gasteiger partial charge in [-0.15, -0.1) is 0 Å². The molecule has 66 valence electrons. The average Bonchev–Trinajstić information content (AvgIpc) is 2.08. The van der Waals surface area contributed by atoms with E-state index in [9.17, 15) is 4.79 Å². The van der Waals surface area contributed by atoms with Crippen molar-refractivity contribution in [2.24, 2.45) is 5.41 Å². The van der Waals surface area contributed by atoms with Gasteiger partial charge in [-0.3, -0.25) is 10.0 Å². The Labute approximate surface area is 66.2 Å². The maximum absolute atomic E-state index is 11.0. The second-order valence-electron chi connectivity index (χ2n) is 2.59. The Kier molecular flexibility index (Phi) is 4.07. The van der Waals surface area contributed by atoms with Crippen LogP contribution in [0.3, 0.4) is 0 Å². The molecule has 0 heterocycles. The summed E-state index contributed by atoms with van der Waals surface area (Å²) in [5.74, 6) is -0.509. The number of hydrogen-bond acceptors (Lipinski definition) is 3. The molecular weight excluding hydrogens is 146 g/mol. The zero-order valence-corrected chi connectivity index (χ0v) is 6.92. The smallest absolute Gasteiger partial charge is 0.251 e. The van der Waals surface area contributed by atoms with Crippen LogP contribution in [0.15, 0.2) is 0 Å². The van der Waals surface area contributed by atoms with E-state index in [0.29, 0.717) is 12.8 Å². The minimum absolute atomic E-state index is 0.230. The quantitative estimate of drug-likeness (QED) is 0.410. The van der Waals surface area contributed by atoms with Crippen LogP contribution in [-0.2, 0) is 4.79 Å². The summed E-state index contributed by atoms with van der Waals surface area (Å²) in [4.78, 5) is 11.0. The van der Waals surface area contributed by atoms with Crippen LogP contribution >= 0.6 is 0 Å². The van der Waals surface area contributed by atoms with Gasteiger partial charge >= 0.3 is 0 Å². The number of aliphatic hydroxyl groups excluding tert-OH is 1. The molecule has 0 unspecified atom stereocenters. The van der Waals surface area contributed by atoms with E-state index in [4.69, 9.17) is 10.3 Å². The van der Waals surface area contributed by atoms with Crippen molar-refractivity contribution in [3.05, 3.63) is 0 Å². The van der Waals surface area contributed by atoms with Crippen molar-refractivity contribution < 1.29 is 15.1 Å². The zero-order chi connectivity index (χ0) is 8.91. The molecule has 1 amide bonds. The third kappa shape index (κ3) is 1.91. The van der Waals surface area contributed by atoms with Gasteiger partial charge in [-0.25, -0.2) is 5.48 Å². The van der Waals surface area contributed by atoms with Crippen LogP contribution in [0.5, 0.6) is 0 Å². The fourth-order valence-electron chi connectivity index (χ4n) is 0.985. The zero-order valence-electron chi connectivity index (χ0n) is 6.92. The van der Waals surface area contributed by atoms with Gasteiger partial charge in [0, 0.05) is 0 Å². The van der Waals surface area contributed by atoms with Crippen molar-refractivity contribution in [1.82, 2.24) is 5.48 Å². The van der Waals surface area contributed by atoms with Crippen LogP contribution in [0.4, 0.5) is 0 Å². The van der Waals surface area contributed by atoms with Crippen LogP contribution in [0.1, 0.15) is 26.7 Å². The van der Waals surface area contributed by atoms with E-state index in [1.807, 2.05) is 0 Å². The molecule has 0 atom stereocenters. The third-order valence-electron chi connectivity index (χ3n) is 2.24. The molecule has 0 rings (SSSR count). The van der Waals surface area contributed by atoms with Crippen molar-refractivity contribution >= 4 is 5.91 Å². The summed E-state index contributed by atoms with van der Waals surface area (Å²) in [6.07, 6.45) is 1.04. The number of aliphatic hydroxyl groups is 1. The van der Waals surface area contributed by atoms with Gasteiger partial charge in [0.15, 0.2) is 0 Å². The summed E-state index contributed by atoms with van der Waals surface area (Å²) in [5, 5.41) is 17.3. The van der Waals surface area contributed by atoms with Crippen molar-refractivity contribution in [3.63, 3.8) is 0 Å². The van der Waals surface area contributed by atoms with E-state index in [0.717, 1.165) is 0 Å². The molecule has 0 aromatic carbocycles. The molecule has 0 fully saturated rings. The lowest BCUT2D eigenvalue weighted by molar-refractivity contribution is -0.142. The Morgan fingerprint density at radius 1 is 1.45 bits per heavy atom. The molecule has 0 aliphatic rings. The van der Waals surface area contributed by atoms with Gasteiger partial charge in [0.2, 0.25) is 0 Å². The Hall–Kier alpha value is -0.610. The molecule has 4 nitrogen and oxygen atoms in total. The summed E-state index contributed by atoms with van der Waals surface area (Å²) in [6, 6.07) is 0. The first-order chi connectivity index (χ1) is 5.16. The maximum Gasteiger partial charge on any atom is 0.251 e. The average molecular weight is 161 g/mol. The van der Waals surface area contributed by atoms with Crippen LogP contribution in [0.25, 0.3) is 0 Å². The van der Waals surface area contributed by atoms with E-state index in [1.165, 1.54) is 0 Å². The second-order valence-corrected chi connectivity index (χ2v) is 2.59. The fourth-order valence-corrected chi connectivity index (χ4v) is 0.985. The van der Waals surface area contributed by atoms with Gasteiger partial charge in [0.1, 0.15) is 0 Å². The first kappa shape index (κ1) is 10.4. The lowest BCUT2D eigenvalue weighted by atomic mass is 9.82. The topological polar surface area (TPSA) is 69.6 Å². The van der Waals surface area contributed by atoms with Crippen molar-refractivity contribution in [2.75, 3.05) is 6.61 Å². The van der Waals surface area contributed by atoms with Crippen LogP contribution < -0.4 is 5.48 Å². The highest BCUT2D eigenvalue weighted by molar-refractivity contribution is 5.81. The Balaban J connectivity index is 4.39. The normalized spacial score (nSPS) is 11.3. The molecule has 0 aromatic rings. The van der Waals surface area contributed by atoms with Crippen molar-refractivity contribution in [2.45, 2.75) is 26.7 Å². The maximum atomic E-state index is 11.0. The molecule has 3 N–H and O–H groups in total. The predicted octanol–water partition coefficient (Wildman–Crippen LogP) is 0.290. The van der Waals surface area contributed by atoms with E-state index < -0.39 is 11.3 Å². The lowest BCUT2D eigenvalue weighted by Gasteiger charge is -2.25. The Morgan fingerprint density at radius 3 is 2.00 bits per heavy atom. The van der Waals surface area contributed by atoms with Gasteiger partial charge in [0.05, 0.1) is 12.0 Å². The highest BCUT2D eigenvalue weighted by atomic mass is 16.5. The van der Waals surface area contributed by atoms with Crippen LogP contribution in [-0.4, -0.2) is 22.8 Å². The monoisotopic (exact) mass is 161 g/mol. The molecule has 0 spiro atoms. The molecule has 4 heteroatoms. The van der Waals surface area contributed by atoms with E-state index in [1.54, 1.807) is 19.3 Å². The van der Waals surface area contributed by atoms with E-state index >= 15 is 0 Å². The van der Waals surface area contributed by atoms with Crippen molar-refractivity contribution in [3.8, 4) is 0 Å². The molecule has 11 heavy (non-hydrogen) atoms. The molecule has 0 saturated heterocycles. The van der Waals surface area contributed by atoms with Gasteiger partial charge in [-0.1, -0.05) is 13.8 Å². The molecule has 0 radical (unpaired) electrons. The van der Waals surface area contributed by atoms with E-state index in [2.05, 4.69) is 0 Å². The Bertz CT molecular complexity index is 123. The van der Waals surface area contributed by atoms with E-state index in [-0.39, 0.29) is 6.61 Å². The summed E-state index contributed by atoms with van der Waals surface area (Å²) in [6.45, 7) is 3.37. The summed E-state index contributed by atoms with van der Waals surface area (Å²) >= 11 is 0. The number of carbonyl (C=O) groups is 1. The SMILES string of the molecule is CCC(CC)(CO)C(=O)NO. The summed E-state index contributed by atoms with van der Waals surface area (Å²) < 4.78 is 0. The molecule has 0 aliphatic carbocycles. The molecule has 0 aromatic heterocycles. The summed E-state index contributed by atoms with van der Waals surface area (Å²) in [7, 11) is 0. The second kappa shape index (κ2) is 4.31. The number of rotatable bonds is 4. The predicted molar refractivity (Wildman–Crippen MR) is 40.0 cm³/mol. The van der Waals surface area contributed by atoms with Gasteiger partial charge in [-0.2, -0.15) is 0 Å². The Morgan fingerprint density at radius 2 is 1.91 bits per heavy atom. The van der Waals surface area contributed by atoms with Gasteiger partial charge < -0.3 is 5.11 Å². The fraction of sp³-hybridized carbons (Fsp3) is 0.857. The standard InChI is InChI=1S/C7H15NO3/c1-3-7(4-2,5-9)6(10)8-11/h9,11H,3-5H2,1-2H3,(H,8,10). The molecule has 0 saturated carbocycles. The number of nitrogens with one attached hydrogen (secondary N) is 1. The van der Waals surface area contributed by atoms with Gasteiger partial charge in [-0.05, 0) is 12.8 Å². The van der Waals surface area contributed by atoms with Crippen molar-refractivity contribution in [1.29, 1.82) is 0 Å². The third-order valence-corrected chi connectivity index (χ3v) is 2.24. The number of hydrogen-bond donors (Lipinski definition) is 3. The summed E-state index contributed by atoms with van der Waals surface area (Å²) in [5.41, 5.74) is 0.749. The number of amides is 1. The van der Waals surface area contributed by atoms with Gasteiger partial charge in [0.25, 0.3) is 5.91 Å². The first-order valence-corrected chi connectivity index (χ1v) is 3.72. The molecular formula is C7H15NO3. The first-order valence-electron chi connectivity index (χ1n) is 3.72. The van der Waals surface area contributed by atoms with Crippen LogP contribution in [0, 0.1) is 5.41 Å². The number of carbonyl (C=O) groups excluding carboxylic acids is 1. The molecule has 0 bridgehead atoms. The largest absolute Gasteiger partial charge is 0.395 e. The number of hydroxylamine groups is 1. The minimum Gasteiger partial charge on any atom is -0.395 e. The minimum atomic E-state index is -0.811. The highest BCUT2D eigenvalue weighted by Crippen LogP contribution is 2.25. The molecule has 0 aliphatic heterocycles. The highest BCUT2D eigenvalue weighted by Gasteiger charge is 2.33. The lowest BCUT2D eigenvalue weighted by Crippen LogP contribution is -2.41. The van der Waals surface area contributed by atoms with Crippen LogP contribution in [0.2, 0.25) is 0 Å².